The fraction of sp³-hybridized carbons (Fsp3) is 0.391. The second-order valence-corrected chi connectivity index (χ2v) is 8.16. The highest BCUT2D eigenvalue weighted by Crippen LogP contribution is 2.37. The number of hydrogen-bond donors (Lipinski definition) is 2. The van der Waals surface area contributed by atoms with Gasteiger partial charge < -0.3 is 20.3 Å². The van der Waals surface area contributed by atoms with Crippen LogP contribution >= 0.6 is 0 Å². The van der Waals surface area contributed by atoms with Gasteiger partial charge in [-0.15, -0.1) is 10.2 Å². The minimum Gasteiger partial charge on any atom is -0.494 e. The Morgan fingerprint density at radius 3 is 2.83 bits per heavy atom. The van der Waals surface area contributed by atoms with Crippen molar-refractivity contribution < 1.29 is 22.6 Å². The fourth-order valence-electron chi connectivity index (χ4n) is 4.20. The lowest BCUT2D eigenvalue weighted by molar-refractivity contribution is 0.0958. The summed E-state index contributed by atoms with van der Waals surface area (Å²) in [6.07, 6.45) is 4.05. The molecule has 3 heterocycles. The van der Waals surface area contributed by atoms with Crippen molar-refractivity contribution in [2.24, 2.45) is 6.98 Å². The molecule has 3 aromatic rings. The molecule has 0 radical (unpaired) electrons. The molecular formula is C23H27N9O3. The molecule has 1 aromatic carbocycles. The summed E-state index contributed by atoms with van der Waals surface area (Å²) in [7, 11) is 1.39. The van der Waals surface area contributed by atoms with Crippen LogP contribution in [0, 0.1) is 0 Å². The average molecular weight is 484 g/mol. The summed E-state index contributed by atoms with van der Waals surface area (Å²) in [4.78, 5) is 33.4. The largest absolute Gasteiger partial charge is 0.494 e. The van der Waals surface area contributed by atoms with Gasteiger partial charge in [0.1, 0.15) is 6.33 Å². The van der Waals surface area contributed by atoms with E-state index in [2.05, 4.69) is 25.6 Å². The standard InChI is InChI=1S/C23H27N9O3/c1-24-22(33)19-17(12-18(27-28-19)32-11-10-31(23(32)34)14-6-4-7-14)26-16-9-5-8-15(20(16)35-3)21-25-13-30(2)29-21/h5,8-9,12-14H,4,6-7,10-11H2,1-3H3,(H,24,33)(H,26,27)/i1D3,2D3. The Bertz CT molecular complexity index is 1470. The molecule has 2 aromatic heterocycles. The summed E-state index contributed by atoms with van der Waals surface area (Å²) < 4.78 is 51.3. The zero-order valence-corrected chi connectivity index (χ0v) is 18.9. The highest BCUT2D eigenvalue weighted by molar-refractivity contribution is 6.00. The van der Waals surface area contributed by atoms with Crippen LogP contribution in [0.1, 0.15) is 38.0 Å². The minimum atomic E-state index is -2.78. The maximum Gasteiger partial charge on any atom is 0.326 e. The van der Waals surface area contributed by atoms with Crippen LogP contribution in [0.25, 0.3) is 11.4 Å². The second kappa shape index (κ2) is 9.20. The molecule has 1 saturated heterocycles. The number of aromatic nitrogens is 5. The number of amides is 3. The summed E-state index contributed by atoms with van der Waals surface area (Å²) in [6.45, 7) is -4.41. The van der Waals surface area contributed by atoms with Gasteiger partial charge in [-0.25, -0.2) is 9.78 Å². The molecule has 35 heavy (non-hydrogen) atoms. The lowest BCUT2D eigenvalue weighted by Gasteiger charge is -2.34. The van der Waals surface area contributed by atoms with E-state index in [0.29, 0.717) is 24.3 Å². The van der Waals surface area contributed by atoms with Gasteiger partial charge >= 0.3 is 6.03 Å². The number of aryl methyl sites for hydroxylation is 1. The van der Waals surface area contributed by atoms with Gasteiger partial charge in [0, 0.05) is 47.4 Å². The van der Waals surface area contributed by atoms with Gasteiger partial charge in [0.15, 0.2) is 23.1 Å². The molecule has 0 bridgehead atoms. The first-order valence-corrected chi connectivity index (χ1v) is 11.0. The molecule has 0 spiro atoms. The number of anilines is 3. The molecule has 1 saturated carbocycles. The lowest BCUT2D eigenvalue weighted by atomic mass is 9.92. The third kappa shape index (κ3) is 4.11. The van der Waals surface area contributed by atoms with Crippen molar-refractivity contribution in [1.82, 2.24) is 35.2 Å². The van der Waals surface area contributed by atoms with Gasteiger partial charge in [-0.1, -0.05) is 6.07 Å². The number of carbonyl (C=O) groups is 2. The van der Waals surface area contributed by atoms with E-state index < -0.39 is 19.9 Å². The van der Waals surface area contributed by atoms with Gasteiger partial charge in [-0.05, 0) is 31.4 Å². The summed E-state index contributed by atoms with van der Waals surface area (Å²) >= 11 is 0. The maximum atomic E-state index is 13.1. The smallest absolute Gasteiger partial charge is 0.326 e. The predicted octanol–water partition coefficient (Wildman–Crippen LogP) is 2.18. The van der Waals surface area contributed by atoms with Crippen LogP contribution in [0.15, 0.2) is 30.6 Å². The fourth-order valence-corrected chi connectivity index (χ4v) is 4.20. The van der Waals surface area contributed by atoms with E-state index in [1.54, 1.807) is 23.1 Å². The third-order valence-electron chi connectivity index (χ3n) is 6.16. The molecule has 0 unspecified atom stereocenters. The third-order valence-corrected chi connectivity index (χ3v) is 6.16. The normalized spacial score (nSPS) is 19.1. The first-order chi connectivity index (χ1) is 19.4. The van der Waals surface area contributed by atoms with Crippen LogP contribution in [0.2, 0.25) is 0 Å². The van der Waals surface area contributed by atoms with Gasteiger partial charge in [0.25, 0.3) is 5.91 Å². The molecule has 182 valence electrons. The number of hydrogen-bond acceptors (Lipinski definition) is 8. The van der Waals surface area contributed by atoms with E-state index in [0.717, 1.165) is 30.3 Å². The average Bonchev–Trinajstić information content (AvgIpc) is 3.50. The summed E-state index contributed by atoms with van der Waals surface area (Å²) in [5.74, 6) is -0.541. The van der Waals surface area contributed by atoms with Crippen molar-refractivity contribution >= 4 is 29.1 Å². The highest BCUT2D eigenvalue weighted by Gasteiger charge is 2.38. The number of ether oxygens (including phenoxy) is 1. The molecule has 2 fully saturated rings. The number of carbonyl (C=O) groups excluding carboxylic acids is 2. The topological polar surface area (TPSA) is 130 Å². The maximum absolute atomic E-state index is 13.1. The molecule has 5 rings (SSSR count). The zero-order chi connectivity index (χ0) is 29.5. The van der Waals surface area contributed by atoms with E-state index in [9.17, 15) is 9.59 Å². The number of rotatable bonds is 7. The number of para-hydroxylation sites is 1. The molecule has 1 aliphatic heterocycles. The Labute approximate surface area is 210 Å². The Morgan fingerprint density at radius 1 is 1.23 bits per heavy atom. The first kappa shape index (κ1) is 16.4. The Kier molecular flexibility index (Phi) is 4.31. The van der Waals surface area contributed by atoms with Gasteiger partial charge in [0.05, 0.1) is 24.0 Å². The Morgan fingerprint density at radius 2 is 2.11 bits per heavy atom. The van der Waals surface area contributed by atoms with Crippen molar-refractivity contribution in [2.45, 2.75) is 25.3 Å². The van der Waals surface area contributed by atoms with E-state index in [4.69, 9.17) is 13.0 Å². The van der Waals surface area contributed by atoms with Crippen LogP contribution in [0.4, 0.5) is 22.0 Å². The van der Waals surface area contributed by atoms with E-state index >= 15 is 0 Å². The van der Waals surface area contributed by atoms with Gasteiger partial charge in [-0.3, -0.25) is 14.4 Å². The molecule has 3 amide bonds. The number of nitrogens with one attached hydrogen (secondary N) is 2. The SMILES string of the molecule is [2H]C([2H])([2H])NC(=O)c1nnc(N2CCN(C3CCC3)C2=O)cc1Nc1cccc(-c2ncn(C([2H])([2H])[2H])n2)c1OC. The zero-order valence-electron chi connectivity index (χ0n) is 24.9. The van der Waals surface area contributed by atoms with Crippen LogP contribution in [0.3, 0.4) is 0 Å². The molecule has 2 aliphatic rings. The number of nitrogens with zero attached hydrogens (tertiary/aromatic N) is 7. The quantitative estimate of drug-likeness (QED) is 0.523. The molecule has 0 atom stereocenters. The van der Waals surface area contributed by atoms with Crippen molar-refractivity contribution in [1.29, 1.82) is 0 Å². The number of benzene rings is 1. The summed E-state index contributed by atoms with van der Waals surface area (Å²) in [5, 5.41) is 17.0. The summed E-state index contributed by atoms with van der Waals surface area (Å²) in [5.41, 5.74) is 0.385. The number of methoxy groups -OCH3 is 1. The molecule has 12 nitrogen and oxygen atoms in total. The van der Waals surface area contributed by atoms with Crippen molar-refractivity contribution in [3.8, 4) is 17.1 Å². The molecule has 1 aliphatic carbocycles. The van der Waals surface area contributed by atoms with Crippen molar-refractivity contribution in [2.75, 3.05) is 37.4 Å². The first-order valence-electron chi connectivity index (χ1n) is 14.0. The summed E-state index contributed by atoms with van der Waals surface area (Å²) in [6, 6.07) is 6.29. The lowest BCUT2D eigenvalue weighted by Crippen LogP contribution is -2.43. The second-order valence-electron chi connectivity index (χ2n) is 8.16. The monoisotopic (exact) mass is 483 g/mol. The van der Waals surface area contributed by atoms with Crippen LogP contribution in [0.5, 0.6) is 5.75 Å². The van der Waals surface area contributed by atoms with Crippen LogP contribution in [-0.2, 0) is 6.98 Å². The molecular weight excluding hydrogens is 450 g/mol. The van der Waals surface area contributed by atoms with E-state index in [1.807, 2.05) is 5.32 Å². The molecule has 2 N–H and O–H groups in total. The highest BCUT2D eigenvalue weighted by atomic mass is 16.5. The Balaban J connectivity index is 1.52. The predicted molar refractivity (Wildman–Crippen MR) is 129 cm³/mol. The van der Waals surface area contributed by atoms with E-state index in [1.165, 1.54) is 18.1 Å². The minimum absolute atomic E-state index is 0.0584. The molecule has 12 heteroatoms. The van der Waals surface area contributed by atoms with Gasteiger partial charge in [0.2, 0.25) is 0 Å². The van der Waals surface area contributed by atoms with Crippen LogP contribution in [-0.4, -0.2) is 75.0 Å². The van der Waals surface area contributed by atoms with Crippen molar-refractivity contribution in [3.05, 3.63) is 36.3 Å². The van der Waals surface area contributed by atoms with Crippen LogP contribution < -0.4 is 20.3 Å². The van der Waals surface area contributed by atoms with Crippen molar-refractivity contribution in [3.63, 3.8) is 0 Å². The number of urea groups is 1. The Hall–Kier alpha value is -4.22. The van der Waals surface area contributed by atoms with E-state index in [-0.39, 0.29) is 40.8 Å². The van der Waals surface area contributed by atoms with Gasteiger partial charge in [-0.2, -0.15) is 5.10 Å².